The standard InChI is InChI=1S/C17H17N3O3S/c21-16-10-23-14-6-2-1-5-13(14)20(16)9-15-18-12(11-24-15)17(22)19-7-3-4-8-19/h1-2,5-6,11H,3-4,7-10H2. The molecule has 2 aliphatic heterocycles. The Kier molecular flexibility index (Phi) is 3.93. The van der Waals surface area contributed by atoms with Crippen LogP contribution in [0.15, 0.2) is 29.6 Å². The van der Waals surface area contributed by atoms with Crippen LogP contribution in [0.1, 0.15) is 28.3 Å². The van der Waals surface area contributed by atoms with Gasteiger partial charge in [-0.1, -0.05) is 12.1 Å². The van der Waals surface area contributed by atoms with Crippen molar-refractivity contribution in [2.75, 3.05) is 24.6 Å². The van der Waals surface area contributed by atoms with Crippen LogP contribution in [0, 0.1) is 0 Å². The fourth-order valence-corrected chi connectivity index (χ4v) is 3.78. The number of nitrogens with zero attached hydrogens (tertiary/aromatic N) is 3. The Balaban J connectivity index is 1.54. The molecule has 0 spiro atoms. The van der Waals surface area contributed by atoms with Gasteiger partial charge in [0.25, 0.3) is 11.8 Å². The minimum atomic E-state index is -0.101. The van der Waals surface area contributed by atoms with Gasteiger partial charge in [-0.3, -0.25) is 14.5 Å². The molecule has 3 heterocycles. The van der Waals surface area contributed by atoms with Gasteiger partial charge in [-0.15, -0.1) is 11.3 Å². The molecule has 6 nitrogen and oxygen atoms in total. The lowest BCUT2D eigenvalue weighted by atomic mass is 10.2. The number of carbonyl (C=O) groups is 2. The molecule has 2 aromatic rings. The molecule has 0 aliphatic carbocycles. The van der Waals surface area contributed by atoms with E-state index in [2.05, 4.69) is 4.98 Å². The molecule has 0 bridgehead atoms. The highest BCUT2D eigenvalue weighted by Crippen LogP contribution is 2.33. The van der Waals surface area contributed by atoms with E-state index in [4.69, 9.17) is 4.74 Å². The van der Waals surface area contributed by atoms with Crippen molar-refractivity contribution in [3.63, 3.8) is 0 Å². The predicted molar refractivity (Wildman–Crippen MR) is 90.4 cm³/mol. The van der Waals surface area contributed by atoms with Crippen molar-refractivity contribution in [3.05, 3.63) is 40.3 Å². The van der Waals surface area contributed by atoms with Gasteiger partial charge in [0.15, 0.2) is 6.61 Å². The van der Waals surface area contributed by atoms with Crippen LogP contribution in [0.5, 0.6) is 5.75 Å². The van der Waals surface area contributed by atoms with E-state index in [1.807, 2.05) is 29.2 Å². The highest BCUT2D eigenvalue weighted by molar-refractivity contribution is 7.09. The number of hydrogen-bond donors (Lipinski definition) is 0. The summed E-state index contributed by atoms with van der Waals surface area (Å²) in [6.45, 7) is 2.00. The third kappa shape index (κ3) is 2.75. The Hall–Kier alpha value is -2.41. The first-order valence-electron chi connectivity index (χ1n) is 7.98. The number of thiazole rings is 1. The Morgan fingerprint density at radius 2 is 2.04 bits per heavy atom. The third-order valence-corrected chi connectivity index (χ3v) is 5.10. The van der Waals surface area contributed by atoms with Gasteiger partial charge in [-0.2, -0.15) is 0 Å². The summed E-state index contributed by atoms with van der Waals surface area (Å²) < 4.78 is 5.45. The Morgan fingerprint density at radius 3 is 2.88 bits per heavy atom. The minimum Gasteiger partial charge on any atom is -0.482 e. The lowest BCUT2D eigenvalue weighted by Gasteiger charge is -2.28. The Bertz CT molecular complexity index is 783. The lowest BCUT2D eigenvalue weighted by molar-refractivity contribution is -0.121. The number of carbonyl (C=O) groups excluding carboxylic acids is 2. The third-order valence-electron chi connectivity index (χ3n) is 4.27. The number of hydrogen-bond acceptors (Lipinski definition) is 5. The van der Waals surface area contributed by atoms with Crippen molar-refractivity contribution in [2.24, 2.45) is 0 Å². The van der Waals surface area contributed by atoms with Crippen molar-refractivity contribution in [1.82, 2.24) is 9.88 Å². The number of rotatable bonds is 3. The van der Waals surface area contributed by atoms with E-state index in [9.17, 15) is 9.59 Å². The van der Waals surface area contributed by atoms with E-state index in [0.717, 1.165) is 36.6 Å². The molecule has 7 heteroatoms. The highest BCUT2D eigenvalue weighted by atomic mass is 32.1. The maximum Gasteiger partial charge on any atom is 0.273 e. The van der Waals surface area contributed by atoms with Crippen LogP contribution in [-0.4, -0.2) is 41.4 Å². The molecule has 124 valence electrons. The fraction of sp³-hybridized carbons (Fsp3) is 0.353. The number of benzene rings is 1. The van der Waals surface area contributed by atoms with Gasteiger partial charge in [0.05, 0.1) is 12.2 Å². The van der Waals surface area contributed by atoms with Crippen molar-refractivity contribution >= 4 is 28.8 Å². The van der Waals surface area contributed by atoms with Gasteiger partial charge >= 0.3 is 0 Å². The van der Waals surface area contributed by atoms with Crippen molar-refractivity contribution < 1.29 is 14.3 Å². The second-order valence-corrected chi connectivity index (χ2v) is 6.80. The molecule has 1 aromatic heterocycles. The van der Waals surface area contributed by atoms with Crippen LogP contribution in [0.2, 0.25) is 0 Å². The monoisotopic (exact) mass is 343 g/mol. The summed E-state index contributed by atoms with van der Waals surface area (Å²) in [5, 5.41) is 2.54. The highest BCUT2D eigenvalue weighted by Gasteiger charge is 2.27. The smallest absolute Gasteiger partial charge is 0.273 e. The molecule has 2 amide bonds. The summed E-state index contributed by atoms with van der Waals surface area (Å²) in [7, 11) is 0. The van der Waals surface area contributed by atoms with E-state index < -0.39 is 0 Å². The van der Waals surface area contributed by atoms with Gasteiger partial charge < -0.3 is 9.64 Å². The van der Waals surface area contributed by atoms with Gasteiger partial charge in [-0.05, 0) is 25.0 Å². The first-order valence-corrected chi connectivity index (χ1v) is 8.86. The quantitative estimate of drug-likeness (QED) is 0.858. The summed E-state index contributed by atoms with van der Waals surface area (Å²) in [6, 6.07) is 7.45. The van der Waals surface area contributed by atoms with E-state index in [0.29, 0.717) is 18.0 Å². The van der Waals surface area contributed by atoms with E-state index in [1.54, 1.807) is 10.3 Å². The zero-order valence-electron chi connectivity index (χ0n) is 13.1. The lowest BCUT2D eigenvalue weighted by Crippen LogP contribution is -2.38. The van der Waals surface area contributed by atoms with Gasteiger partial charge in [0.1, 0.15) is 16.5 Å². The van der Waals surface area contributed by atoms with Crippen LogP contribution >= 0.6 is 11.3 Å². The molecule has 0 radical (unpaired) electrons. The molecule has 4 rings (SSSR count). The maximum atomic E-state index is 12.4. The number of fused-ring (bicyclic) bond motifs is 1. The number of likely N-dealkylation sites (tertiary alicyclic amines) is 1. The van der Waals surface area contributed by atoms with Crippen LogP contribution in [-0.2, 0) is 11.3 Å². The van der Waals surface area contributed by atoms with E-state index in [-0.39, 0.29) is 18.4 Å². The van der Waals surface area contributed by atoms with Crippen LogP contribution in [0.4, 0.5) is 5.69 Å². The zero-order chi connectivity index (χ0) is 16.5. The minimum absolute atomic E-state index is 0.0105. The summed E-state index contributed by atoms with van der Waals surface area (Å²) >= 11 is 1.41. The van der Waals surface area contributed by atoms with Gasteiger partial charge in [0.2, 0.25) is 0 Å². The van der Waals surface area contributed by atoms with Gasteiger partial charge in [-0.25, -0.2) is 4.98 Å². The summed E-state index contributed by atoms with van der Waals surface area (Å²) in [6.07, 6.45) is 2.11. The molecule has 0 unspecified atom stereocenters. The Morgan fingerprint density at radius 1 is 1.25 bits per heavy atom. The van der Waals surface area contributed by atoms with Crippen LogP contribution < -0.4 is 9.64 Å². The summed E-state index contributed by atoms with van der Waals surface area (Å²) in [4.78, 5) is 32.6. The average molecular weight is 343 g/mol. The molecule has 0 saturated carbocycles. The molecule has 1 aromatic carbocycles. The number of ether oxygens (including phenoxy) is 1. The summed E-state index contributed by atoms with van der Waals surface area (Å²) in [5.41, 5.74) is 1.22. The first kappa shape index (κ1) is 15.1. The largest absolute Gasteiger partial charge is 0.482 e. The van der Waals surface area contributed by atoms with Crippen LogP contribution in [0.3, 0.4) is 0 Å². The number of anilines is 1. The van der Waals surface area contributed by atoms with E-state index in [1.165, 1.54) is 11.3 Å². The maximum absolute atomic E-state index is 12.4. The number of amides is 2. The molecular weight excluding hydrogens is 326 g/mol. The molecule has 0 atom stereocenters. The van der Waals surface area contributed by atoms with Crippen LogP contribution in [0.25, 0.3) is 0 Å². The summed E-state index contributed by atoms with van der Waals surface area (Å²) in [5.74, 6) is 0.585. The normalized spacial score (nSPS) is 16.9. The Labute approximate surface area is 143 Å². The fourth-order valence-electron chi connectivity index (χ4n) is 3.03. The molecule has 2 aliphatic rings. The number of aromatic nitrogens is 1. The van der Waals surface area contributed by atoms with Gasteiger partial charge in [0, 0.05) is 18.5 Å². The topological polar surface area (TPSA) is 62.7 Å². The molecule has 1 fully saturated rings. The van der Waals surface area contributed by atoms with Crippen molar-refractivity contribution in [2.45, 2.75) is 19.4 Å². The predicted octanol–water partition coefficient (Wildman–Crippen LogP) is 2.30. The molecule has 24 heavy (non-hydrogen) atoms. The van der Waals surface area contributed by atoms with Crippen molar-refractivity contribution in [1.29, 1.82) is 0 Å². The SMILES string of the molecule is O=C(c1csc(CN2C(=O)COc3ccccc32)n1)N1CCCC1. The molecule has 1 saturated heterocycles. The van der Waals surface area contributed by atoms with E-state index >= 15 is 0 Å². The first-order chi connectivity index (χ1) is 11.7. The second kappa shape index (κ2) is 6.24. The van der Waals surface area contributed by atoms with Crippen molar-refractivity contribution in [3.8, 4) is 5.75 Å². The number of para-hydroxylation sites is 2. The zero-order valence-corrected chi connectivity index (χ0v) is 13.9. The second-order valence-electron chi connectivity index (χ2n) is 5.86. The molecular formula is C17H17N3O3S. The average Bonchev–Trinajstić information content (AvgIpc) is 3.29. The molecule has 0 N–H and O–H groups in total.